The fraction of sp³-hybridized carbons (Fsp3) is 0.391. The molecular weight excluding hydrogens is 432 g/mol. The number of ether oxygens (including phenoxy) is 2. The summed E-state index contributed by atoms with van der Waals surface area (Å²) in [5.41, 5.74) is 2.07. The predicted octanol–water partition coefficient (Wildman–Crippen LogP) is 3.19. The number of rotatable bonds is 8. The summed E-state index contributed by atoms with van der Waals surface area (Å²) >= 11 is 0. The Labute approximate surface area is 188 Å². The molecule has 1 atom stereocenters. The van der Waals surface area contributed by atoms with Gasteiger partial charge in [-0.25, -0.2) is 8.42 Å². The number of nitrogens with one attached hydrogen (secondary N) is 1. The van der Waals surface area contributed by atoms with Gasteiger partial charge in [0, 0.05) is 36.3 Å². The molecule has 3 rings (SSSR count). The number of hydrogen-bond acceptors (Lipinski definition) is 6. The van der Waals surface area contributed by atoms with Crippen molar-refractivity contribution >= 4 is 33.0 Å². The third-order valence-electron chi connectivity index (χ3n) is 5.46. The van der Waals surface area contributed by atoms with E-state index in [4.69, 9.17) is 9.47 Å². The number of methoxy groups -OCH3 is 2. The molecule has 0 spiro atoms. The third-order valence-corrected chi connectivity index (χ3v) is 7.18. The number of carbonyl (C=O) groups is 2. The highest BCUT2D eigenvalue weighted by molar-refractivity contribution is 7.91. The summed E-state index contributed by atoms with van der Waals surface area (Å²) in [5, 5.41) is 2.68. The van der Waals surface area contributed by atoms with Gasteiger partial charge < -0.3 is 19.7 Å². The molecule has 8 nitrogen and oxygen atoms in total. The zero-order valence-electron chi connectivity index (χ0n) is 18.7. The molecule has 2 aromatic carbocycles. The van der Waals surface area contributed by atoms with Crippen molar-refractivity contribution in [2.45, 2.75) is 44.0 Å². The molecule has 2 amide bonds. The second-order valence-corrected chi connectivity index (χ2v) is 9.76. The van der Waals surface area contributed by atoms with Gasteiger partial charge in [-0.05, 0) is 49.2 Å². The van der Waals surface area contributed by atoms with Gasteiger partial charge in [-0.15, -0.1) is 0 Å². The highest BCUT2D eigenvalue weighted by Crippen LogP contribution is 2.34. The normalized spacial score (nSPS) is 15.2. The second-order valence-electron chi connectivity index (χ2n) is 7.65. The highest BCUT2D eigenvalue weighted by atomic mass is 32.2. The van der Waals surface area contributed by atoms with Crippen molar-refractivity contribution in [3.8, 4) is 11.5 Å². The number of sulfone groups is 1. The highest BCUT2D eigenvalue weighted by Gasteiger charge is 2.31. The van der Waals surface area contributed by atoms with Gasteiger partial charge in [-0.3, -0.25) is 9.59 Å². The third kappa shape index (κ3) is 4.88. The summed E-state index contributed by atoms with van der Waals surface area (Å²) in [4.78, 5) is 26.4. The summed E-state index contributed by atoms with van der Waals surface area (Å²) in [6, 6.07) is 9.72. The van der Waals surface area contributed by atoms with Crippen molar-refractivity contribution in [3.05, 3.63) is 42.0 Å². The second kappa shape index (κ2) is 9.60. The SMILES string of the molecule is CCC(=O)N1c2ccc(S(=O)(=O)CCC(=O)Nc3ccc(OC)c(OC)c3)cc2C[C@@H]1C. The Morgan fingerprint density at radius 3 is 2.47 bits per heavy atom. The first-order chi connectivity index (χ1) is 15.2. The molecule has 0 saturated carbocycles. The van der Waals surface area contributed by atoms with Crippen LogP contribution in [-0.4, -0.2) is 46.2 Å². The van der Waals surface area contributed by atoms with Crippen LogP contribution in [0, 0.1) is 0 Å². The van der Waals surface area contributed by atoms with Crippen molar-refractivity contribution in [2.24, 2.45) is 0 Å². The van der Waals surface area contributed by atoms with Crippen LogP contribution in [0.3, 0.4) is 0 Å². The fourth-order valence-corrected chi connectivity index (χ4v) is 5.12. The molecule has 2 aromatic rings. The molecule has 1 heterocycles. The van der Waals surface area contributed by atoms with Crippen molar-refractivity contribution in [1.29, 1.82) is 0 Å². The van der Waals surface area contributed by atoms with Crippen LogP contribution in [0.5, 0.6) is 11.5 Å². The van der Waals surface area contributed by atoms with Crippen LogP contribution in [-0.2, 0) is 25.8 Å². The molecule has 1 N–H and O–H groups in total. The van der Waals surface area contributed by atoms with Gasteiger partial charge in [-0.1, -0.05) is 6.92 Å². The Hall–Kier alpha value is -3.07. The average Bonchev–Trinajstić information content (AvgIpc) is 3.12. The van der Waals surface area contributed by atoms with E-state index in [-0.39, 0.29) is 29.0 Å². The molecular formula is C23H28N2O6S. The zero-order chi connectivity index (χ0) is 23.5. The Bertz CT molecular complexity index is 1130. The van der Waals surface area contributed by atoms with Gasteiger partial charge in [0.2, 0.25) is 11.8 Å². The molecule has 0 fully saturated rings. The molecule has 0 aromatic heterocycles. The van der Waals surface area contributed by atoms with Crippen LogP contribution in [0.2, 0.25) is 0 Å². The van der Waals surface area contributed by atoms with Crippen molar-refractivity contribution in [2.75, 3.05) is 30.2 Å². The quantitative estimate of drug-likeness (QED) is 0.649. The maximum absolute atomic E-state index is 12.8. The topological polar surface area (TPSA) is 102 Å². The van der Waals surface area contributed by atoms with Gasteiger partial charge in [0.25, 0.3) is 0 Å². The van der Waals surface area contributed by atoms with E-state index in [2.05, 4.69) is 5.32 Å². The lowest BCUT2D eigenvalue weighted by Crippen LogP contribution is -2.35. The number of fused-ring (bicyclic) bond motifs is 1. The van der Waals surface area contributed by atoms with Crippen LogP contribution in [0.4, 0.5) is 11.4 Å². The number of nitrogens with zero attached hydrogens (tertiary/aromatic N) is 1. The van der Waals surface area contributed by atoms with Gasteiger partial charge in [0.15, 0.2) is 21.3 Å². The van der Waals surface area contributed by atoms with Crippen molar-refractivity contribution < 1.29 is 27.5 Å². The van der Waals surface area contributed by atoms with Crippen LogP contribution in [0.1, 0.15) is 32.3 Å². The van der Waals surface area contributed by atoms with E-state index in [1.165, 1.54) is 20.3 Å². The summed E-state index contributed by atoms with van der Waals surface area (Å²) < 4.78 is 36.0. The molecule has 0 radical (unpaired) electrons. The van der Waals surface area contributed by atoms with Crippen LogP contribution in [0.25, 0.3) is 0 Å². The summed E-state index contributed by atoms with van der Waals surface area (Å²) in [5.74, 6) is 0.256. The van der Waals surface area contributed by atoms with Crippen LogP contribution < -0.4 is 19.7 Å². The van der Waals surface area contributed by atoms with Gasteiger partial charge in [0.05, 0.1) is 24.9 Å². The minimum Gasteiger partial charge on any atom is -0.493 e. The lowest BCUT2D eigenvalue weighted by Gasteiger charge is -2.22. The standard InChI is InChI=1S/C23H28N2O6S/c1-5-23(27)25-15(2)12-16-13-18(7-8-19(16)25)32(28,29)11-10-22(26)24-17-6-9-20(30-3)21(14-17)31-4/h6-9,13-15H,5,10-12H2,1-4H3,(H,24,26)/t15-/m0/s1. The molecule has 172 valence electrons. The van der Waals surface area contributed by atoms with Gasteiger partial charge in [0.1, 0.15) is 0 Å². The van der Waals surface area contributed by atoms with E-state index in [1.54, 1.807) is 42.2 Å². The van der Waals surface area contributed by atoms with Crippen molar-refractivity contribution in [1.82, 2.24) is 0 Å². The number of hydrogen-bond donors (Lipinski definition) is 1. The number of carbonyl (C=O) groups excluding carboxylic acids is 2. The molecule has 0 aliphatic carbocycles. The summed E-state index contributed by atoms with van der Waals surface area (Å²) in [6.07, 6.45) is 0.799. The molecule has 0 saturated heterocycles. The lowest BCUT2D eigenvalue weighted by atomic mass is 10.1. The average molecular weight is 461 g/mol. The van der Waals surface area contributed by atoms with E-state index >= 15 is 0 Å². The molecule has 32 heavy (non-hydrogen) atoms. The molecule has 0 unspecified atom stereocenters. The van der Waals surface area contributed by atoms with E-state index in [0.717, 1.165) is 11.3 Å². The minimum absolute atomic E-state index is 0.0114. The Morgan fingerprint density at radius 1 is 1.09 bits per heavy atom. The molecule has 1 aliphatic rings. The zero-order valence-corrected chi connectivity index (χ0v) is 19.5. The number of anilines is 2. The lowest BCUT2D eigenvalue weighted by molar-refractivity contribution is -0.118. The smallest absolute Gasteiger partial charge is 0.226 e. The maximum atomic E-state index is 12.8. The first-order valence-electron chi connectivity index (χ1n) is 10.4. The first-order valence-corrected chi connectivity index (χ1v) is 12.0. The number of amides is 2. The summed E-state index contributed by atoms with van der Waals surface area (Å²) in [7, 11) is -0.658. The van der Waals surface area contributed by atoms with E-state index in [0.29, 0.717) is 30.0 Å². The monoisotopic (exact) mass is 460 g/mol. The van der Waals surface area contributed by atoms with Crippen LogP contribution in [0.15, 0.2) is 41.3 Å². The summed E-state index contributed by atoms with van der Waals surface area (Å²) in [6.45, 7) is 3.75. The Kier molecular flexibility index (Phi) is 7.08. The molecule has 1 aliphatic heterocycles. The number of benzene rings is 2. The Morgan fingerprint density at radius 2 is 1.81 bits per heavy atom. The fourth-order valence-electron chi connectivity index (χ4n) is 3.83. The minimum atomic E-state index is -3.66. The van der Waals surface area contributed by atoms with Crippen LogP contribution >= 0.6 is 0 Å². The van der Waals surface area contributed by atoms with E-state index in [9.17, 15) is 18.0 Å². The molecule has 0 bridgehead atoms. The van der Waals surface area contributed by atoms with E-state index < -0.39 is 15.7 Å². The first kappa shape index (κ1) is 23.6. The Balaban J connectivity index is 1.68. The largest absolute Gasteiger partial charge is 0.493 e. The predicted molar refractivity (Wildman–Crippen MR) is 122 cm³/mol. The van der Waals surface area contributed by atoms with Gasteiger partial charge >= 0.3 is 0 Å². The molecule has 9 heteroatoms. The van der Waals surface area contributed by atoms with Crippen molar-refractivity contribution in [3.63, 3.8) is 0 Å². The van der Waals surface area contributed by atoms with Gasteiger partial charge in [-0.2, -0.15) is 0 Å². The van der Waals surface area contributed by atoms with E-state index in [1.807, 2.05) is 6.92 Å². The maximum Gasteiger partial charge on any atom is 0.226 e.